The maximum absolute atomic E-state index is 10.0. The van der Waals surface area contributed by atoms with Crippen molar-refractivity contribution in [1.29, 1.82) is 0 Å². The van der Waals surface area contributed by atoms with Crippen LogP contribution in [0.2, 0.25) is 0 Å². The second-order valence-corrected chi connectivity index (χ2v) is 4.98. The number of aromatic nitrogens is 1. The van der Waals surface area contributed by atoms with Crippen molar-refractivity contribution in [3.63, 3.8) is 0 Å². The van der Waals surface area contributed by atoms with Crippen LogP contribution < -0.4 is 0 Å². The fourth-order valence-corrected chi connectivity index (χ4v) is 1.43. The monoisotopic (exact) mass is 217 g/mol. The van der Waals surface area contributed by atoms with E-state index in [1.807, 2.05) is 0 Å². The highest BCUT2D eigenvalue weighted by Crippen LogP contribution is 2.29. The van der Waals surface area contributed by atoms with Gasteiger partial charge in [0.15, 0.2) is 0 Å². The number of carbonyl (C=O) groups is 1. The average Bonchev–Trinajstić information content (AvgIpc) is 2.37. The second-order valence-electron chi connectivity index (χ2n) is 4.98. The molecule has 4 rings (SSSR count). The molecule has 2 aromatic rings. The average molecular weight is 217 g/mol. The molecule has 0 saturated heterocycles. The molecule has 2 aliphatic rings. The van der Waals surface area contributed by atoms with Crippen LogP contribution in [0.15, 0.2) is 30.5 Å². The third kappa shape index (κ3) is 1.69. The number of rotatable bonds is 0. The first-order valence-corrected chi connectivity index (χ1v) is 5.24. The number of hydrogen-bond acceptors (Lipinski definition) is 1. The molecule has 1 aromatic carbocycles. The highest BCUT2D eigenvalue weighted by molar-refractivity contribution is 5.89. The molecule has 0 unspecified atom stereocenters. The predicted octanol–water partition coefficient (Wildman–Crippen LogP) is 3.06. The van der Waals surface area contributed by atoms with Gasteiger partial charge in [0.2, 0.25) is 0 Å². The van der Waals surface area contributed by atoms with E-state index in [2.05, 4.69) is 35.0 Å². The molecule has 0 spiro atoms. The molecule has 2 aliphatic heterocycles. The summed E-state index contributed by atoms with van der Waals surface area (Å²) in [6.07, 6.45) is 2.11. The van der Waals surface area contributed by atoms with E-state index in [1.165, 1.54) is 16.6 Å². The maximum Gasteiger partial charge on any atom is 0.308 e. The minimum absolute atomic E-state index is 0.583. The van der Waals surface area contributed by atoms with E-state index in [-0.39, 0.29) is 0 Å². The molecule has 1 N–H and O–H groups in total. The lowest BCUT2D eigenvalue weighted by atomic mass is 9.98. The van der Waals surface area contributed by atoms with Crippen molar-refractivity contribution in [2.75, 3.05) is 0 Å². The minimum Gasteiger partial charge on any atom is -0.481 e. The van der Waals surface area contributed by atoms with Crippen LogP contribution in [-0.2, 0) is 4.79 Å². The molecule has 0 saturated carbocycles. The Morgan fingerprint density at radius 3 is 2.25 bits per heavy atom. The van der Waals surface area contributed by atoms with Crippen LogP contribution in [0, 0.1) is 5.41 Å². The Morgan fingerprint density at radius 2 is 1.88 bits per heavy atom. The SMILES string of the molecule is CC(C)(C)C(=O)O.c1cc2ccn3c2cc1-3. The summed E-state index contributed by atoms with van der Waals surface area (Å²) in [6.45, 7) is 4.99. The maximum atomic E-state index is 10.0. The van der Waals surface area contributed by atoms with Gasteiger partial charge in [-0.1, -0.05) is 6.07 Å². The Kier molecular flexibility index (Phi) is 2.26. The number of fused-ring (bicyclic) bond motifs is 1. The van der Waals surface area contributed by atoms with Gasteiger partial charge in [0.1, 0.15) is 0 Å². The summed E-state index contributed by atoms with van der Waals surface area (Å²) in [7, 11) is 0. The highest BCUT2D eigenvalue weighted by atomic mass is 16.4. The summed E-state index contributed by atoms with van der Waals surface area (Å²) in [5.74, 6) is -0.757. The predicted molar refractivity (Wildman–Crippen MR) is 63.9 cm³/mol. The quantitative estimate of drug-likeness (QED) is 0.628. The summed E-state index contributed by atoms with van der Waals surface area (Å²) in [6, 6.07) is 8.64. The summed E-state index contributed by atoms with van der Waals surface area (Å²) in [4.78, 5) is 10.0. The lowest BCUT2D eigenvalue weighted by Crippen LogP contribution is -2.18. The van der Waals surface area contributed by atoms with Gasteiger partial charge in [0, 0.05) is 17.3 Å². The van der Waals surface area contributed by atoms with Gasteiger partial charge in [-0.2, -0.15) is 0 Å². The molecule has 16 heavy (non-hydrogen) atoms. The van der Waals surface area contributed by atoms with Gasteiger partial charge < -0.3 is 9.67 Å². The molecule has 0 amide bonds. The van der Waals surface area contributed by atoms with E-state index in [1.54, 1.807) is 20.8 Å². The Bertz CT molecular complexity index is 541. The number of nitrogens with zero attached hydrogens (tertiary/aromatic N) is 1. The zero-order valence-corrected chi connectivity index (χ0v) is 9.69. The molecule has 3 heteroatoms. The van der Waals surface area contributed by atoms with Crippen molar-refractivity contribution in [1.82, 2.24) is 4.57 Å². The summed E-state index contributed by atoms with van der Waals surface area (Å²) in [5, 5.41) is 9.60. The number of aliphatic carboxylic acids is 1. The highest BCUT2D eigenvalue weighted by Gasteiger charge is 2.18. The van der Waals surface area contributed by atoms with Crippen LogP contribution >= 0.6 is 0 Å². The van der Waals surface area contributed by atoms with Gasteiger partial charge in [0.25, 0.3) is 0 Å². The van der Waals surface area contributed by atoms with E-state index < -0.39 is 11.4 Å². The fraction of sp³-hybridized carbons (Fsp3) is 0.308. The van der Waals surface area contributed by atoms with Crippen LogP contribution in [0.4, 0.5) is 0 Å². The molecule has 4 bridgehead atoms. The molecular formula is C13H15NO2. The van der Waals surface area contributed by atoms with Crippen molar-refractivity contribution in [2.45, 2.75) is 20.8 Å². The Labute approximate surface area is 94.3 Å². The van der Waals surface area contributed by atoms with Crippen LogP contribution in [0.25, 0.3) is 16.6 Å². The molecule has 84 valence electrons. The standard InChI is InChI=1S/C8H5N.C5H10O2/c1-2-7-5-8-6(1)3-4-9(7)8;1-5(2,3)4(6)7/h1-5H;1-3H3,(H,6,7). The molecular weight excluding hydrogens is 202 g/mol. The van der Waals surface area contributed by atoms with Gasteiger partial charge >= 0.3 is 5.97 Å². The normalized spacial score (nSPS) is 11.9. The van der Waals surface area contributed by atoms with Crippen molar-refractivity contribution in [3.05, 3.63) is 30.5 Å². The van der Waals surface area contributed by atoms with Crippen LogP contribution in [-0.4, -0.2) is 15.6 Å². The lowest BCUT2D eigenvalue weighted by molar-refractivity contribution is -0.145. The summed E-state index contributed by atoms with van der Waals surface area (Å²) >= 11 is 0. The largest absolute Gasteiger partial charge is 0.481 e. The van der Waals surface area contributed by atoms with Crippen molar-refractivity contribution in [2.24, 2.45) is 5.41 Å². The van der Waals surface area contributed by atoms with E-state index in [0.717, 1.165) is 0 Å². The van der Waals surface area contributed by atoms with Gasteiger partial charge in [-0.05, 0) is 39.0 Å². The Hall–Kier alpha value is -1.77. The molecule has 0 fully saturated rings. The fourth-order valence-electron chi connectivity index (χ4n) is 1.43. The molecule has 3 nitrogen and oxygen atoms in total. The minimum atomic E-state index is -0.757. The first kappa shape index (κ1) is 10.7. The lowest BCUT2D eigenvalue weighted by Gasteiger charge is -2.13. The second kappa shape index (κ2) is 3.37. The molecule has 0 atom stereocenters. The van der Waals surface area contributed by atoms with E-state index in [4.69, 9.17) is 5.11 Å². The van der Waals surface area contributed by atoms with Crippen molar-refractivity contribution in [3.8, 4) is 5.69 Å². The van der Waals surface area contributed by atoms with E-state index >= 15 is 0 Å². The summed E-state index contributed by atoms with van der Waals surface area (Å²) < 4.78 is 2.20. The molecule has 3 heterocycles. The van der Waals surface area contributed by atoms with Crippen molar-refractivity contribution < 1.29 is 9.90 Å². The number of carboxylic acids is 1. The first-order valence-electron chi connectivity index (χ1n) is 5.24. The summed E-state index contributed by atoms with van der Waals surface area (Å²) in [5.41, 5.74) is 2.11. The van der Waals surface area contributed by atoms with Crippen molar-refractivity contribution >= 4 is 16.9 Å². The van der Waals surface area contributed by atoms with Gasteiger partial charge in [0.05, 0.1) is 10.9 Å². The van der Waals surface area contributed by atoms with Crippen LogP contribution in [0.1, 0.15) is 20.8 Å². The number of benzene rings is 1. The topological polar surface area (TPSA) is 42.2 Å². The Morgan fingerprint density at radius 1 is 1.25 bits per heavy atom. The van der Waals surface area contributed by atoms with Gasteiger partial charge in [-0.15, -0.1) is 0 Å². The zero-order chi connectivity index (χ0) is 11.9. The zero-order valence-electron chi connectivity index (χ0n) is 9.69. The number of pyridine rings is 1. The number of carboxylic acid groups (broad SMARTS) is 1. The Balaban J connectivity index is 0.000000127. The first-order chi connectivity index (χ1) is 7.39. The smallest absolute Gasteiger partial charge is 0.308 e. The van der Waals surface area contributed by atoms with Gasteiger partial charge in [-0.25, -0.2) is 0 Å². The molecule has 0 aliphatic carbocycles. The van der Waals surface area contributed by atoms with Crippen LogP contribution in [0.3, 0.4) is 0 Å². The van der Waals surface area contributed by atoms with Gasteiger partial charge in [-0.3, -0.25) is 4.79 Å². The van der Waals surface area contributed by atoms with Crippen LogP contribution in [0.5, 0.6) is 0 Å². The molecule has 0 radical (unpaired) electrons. The molecule has 1 aromatic heterocycles. The van der Waals surface area contributed by atoms with E-state index in [0.29, 0.717) is 0 Å². The number of hydrogen-bond donors (Lipinski definition) is 1. The third-order valence-corrected chi connectivity index (χ3v) is 2.60. The van der Waals surface area contributed by atoms with E-state index in [9.17, 15) is 4.79 Å². The third-order valence-electron chi connectivity index (χ3n) is 2.60.